The number of rotatable bonds is 4. The molecule has 1 aromatic heterocycles. The monoisotopic (exact) mass is 346 g/mol. The molecule has 24 heavy (non-hydrogen) atoms. The summed E-state index contributed by atoms with van der Waals surface area (Å²) in [7, 11) is 0. The predicted molar refractivity (Wildman–Crippen MR) is 95.2 cm³/mol. The van der Waals surface area contributed by atoms with Crippen LogP contribution in [0.2, 0.25) is 5.15 Å². The lowest BCUT2D eigenvalue weighted by molar-refractivity contribution is -0.129. The summed E-state index contributed by atoms with van der Waals surface area (Å²) in [6.45, 7) is 3.19. The van der Waals surface area contributed by atoms with Crippen LogP contribution in [0.1, 0.15) is 0 Å². The molecule has 7 nitrogen and oxygen atoms in total. The quantitative estimate of drug-likeness (QED) is 0.815. The first-order valence-electron chi connectivity index (χ1n) is 7.73. The van der Waals surface area contributed by atoms with Gasteiger partial charge in [0.05, 0.1) is 6.54 Å². The first-order chi connectivity index (χ1) is 11.6. The molecule has 1 saturated heterocycles. The van der Waals surface area contributed by atoms with E-state index in [1.807, 2.05) is 23.1 Å². The van der Waals surface area contributed by atoms with Crippen LogP contribution in [0.15, 0.2) is 36.4 Å². The van der Waals surface area contributed by atoms with Crippen LogP contribution in [-0.2, 0) is 4.79 Å². The highest BCUT2D eigenvalue weighted by atomic mass is 35.5. The van der Waals surface area contributed by atoms with Crippen molar-refractivity contribution >= 4 is 35.0 Å². The molecular formula is C16H19ClN6O. The van der Waals surface area contributed by atoms with Crippen LogP contribution in [0.4, 0.5) is 17.5 Å². The number of nitrogens with zero attached hydrogens (tertiary/aromatic N) is 4. The Kier molecular flexibility index (Phi) is 5.00. The summed E-state index contributed by atoms with van der Waals surface area (Å²) in [4.78, 5) is 24.2. The third-order valence-corrected chi connectivity index (χ3v) is 4.08. The Morgan fingerprint density at radius 2 is 1.88 bits per heavy atom. The number of carbonyl (C=O) groups is 1. The minimum absolute atomic E-state index is 0.0241. The van der Waals surface area contributed by atoms with Gasteiger partial charge in [0.2, 0.25) is 11.9 Å². The van der Waals surface area contributed by atoms with Gasteiger partial charge in [0, 0.05) is 37.9 Å². The smallest absolute Gasteiger partial charge is 0.242 e. The van der Waals surface area contributed by atoms with Crippen LogP contribution >= 0.6 is 11.6 Å². The summed E-state index contributed by atoms with van der Waals surface area (Å²) in [5.41, 5.74) is 6.72. The van der Waals surface area contributed by atoms with Crippen LogP contribution in [0.3, 0.4) is 0 Å². The van der Waals surface area contributed by atoms with Gasteiger partial charge >= 0.3 is 0 Å². The fourth-order valence-electron chi connectivity index (χ4n) is 2.66. The molecule has 0 aliphatic carbocycles. The lowest BCUT2D eigenvalue weighted by atomic mass is 10.2. The van der Waals surface area contributed by atoms with E-state index in [0.29, 0.717) is 18.9 Å². The Morgan fingerprint density at radius 1 is 1.17 bits per heavy atom. The number of hydrogen-bond acceptors (Lipinski definition) is 6. The summed E-state index contributed by atoms with van der Waals surface area (Å²) in [6, 6.07) is 11.8. The van der Waals surface area contributed by atoms with Gasteiger partial charge in [0.25, 0.3) is 0 Å². The molecule has 126 valence electrons. The molecule has 0 unspecified atom stereocenters. The standard InChI is InChI=1S/C16H19ClN6O/c17-13-10-14(21-16(18)20-13)19-11-15(24)23-8-6-22(7-9-23)12-4-2-1-3-5-12/h1-5,10H,6-9,11H2,(H3,18,19,20,21). The van der Waals surface area contributed by atoms with E-state index < -0.39 is 0 Å². The van der Waals surface area contributed by atoms with E-state index in [2.05, 4.69) is 32.3 Å². The molecule has 1 aliphatic rings. The van der Waals surface area contributed by atoms with Gasteiger partial charge in [-0.15, -0.1) is 0 Å². The molecular weight excluding hydrogens is 328 g/mol. The topological polar surface area (TPSA) is 87.4 Å². The molecule has 0 spiro atoms. The first-order valence-corrected chi connectivity index (χ1v) is 8.11. The van der Waals surface area contributed by atoms with Gasteiger partial charge in [-0.25, -0.2) is 4.98 Å². The third-order valence-electron chi connectivity index (χ3n) is 3.89. The molecule has 0 saturated carbocycles. The van der Waals surface area contributed by atoms with Gasteiger partial charge in [-0.3, -0.25) is 4.79 Å². The summed E-state index contributed by atoms with van der Waals surface area (Å²) >= 11 is 5.82. The van der Waals surface area contributed by atoms with Crippen molar-refractivity contribution in [2.75, 3.05) is 48.7 Å². The summed E-state index contributed by atoms with van der Waals surface area (Å²) in [5.74, 6) is 0.550. The number of benzene rings is 1. The van der Waals surface area contributed by atoms with Crippen LogP contribution in [0, 0.1) is 0 Å². The van der Waals surface area contributed by atoms with Gasteiger partial charge in [0.1, 0.15) is 11.0 Å². The van der Waals surface area contributed by atoms with E-state index in [1.54, 1.807) is 6.07 Å². The molecule has 2 heterocycles. The molecule has 3 rings (SSSR count). The van der Waals surface area contributed by atoms with Crippen LogP contribution in [0.5, 0.6) is 0 Å². The number of halogens is 1. The second-order valence-corrected chi connectivity index (χ2v) is 5.88. The molecule has 1 aromatic carbocycles. The van der Waals surface area contributed by atoms with E-state index in [4.69, 9.17) is 17.3 Å². The molecule has 0 bridgehead atoms. The lowest BCUT2D eigenvalue weighted by Crippen LogP contribution is -2.50. The summed E-state index contributed by atoms with van der Waals surface area (Å²) in [6.07, 6.45) is 0. The van der Waals surface area contributed by atoms with Gasteiger partial charge in [-0.1, -0.05) is 29.8 Å². The van der Waals surface area contributed by atoms with Crippen molar-refractivity contribution in [3.05, 3.63) is 41.6 Å². The maximum Gasteiger partial charge on any atom is 0.242 e. The number of nitrogens with one attached hydrogen (secondary N) is 1. The van der Waals surface area contributed by atoms with Crippen molar-refractivity contribution in [1.82, 2.24) is 14.9 Å². The number of piperazine rings is 1. The zero-order valence-electron chi connectivity index (χ0n) is 13.2. The fraction of sp³-hybridized carbons (Fsp3) is 0.312. The maximum absolute atomic E-state index is 12.3. The number of amides is 1. The van der Waals surface area contributed by atoms with Crippen molar-refractivity contribution in [3.63, 3.8) is 0 Å². The molecule has 1 amide bonds. The Balaban J connectivity index is 1.50. The van der Waals surface area contributed by atoms with Crippen LogP contribution < -0.4 is 16.0 Å². The van der Waals surface area contributed by atoms with Gasteiger partial charge in [-0.2, -0.15) is 4.98 Å². The fourth-order valence-corrected chi connectivity index (χ4v) is 2.85. The third kappa shape index (κ3) is 4.05. The zero-order valence-corrected chi connectivity index (χ0v) is 13.9. The van der Waals surface area contributed by atoms with Crippen molar-refractivity contribution in [2.24, 2.45) is 0 Å². The van der Waals surface area contributed by atoms with Gasteiger partial charge < -0.3 is 20.9 Å². The van der Waals surface area contributed by atoms with E-state index in [9.17, 15) is 4.79 Å². The Labute approximate surface area is 145 Å². The molecule has 0 atom stereocenters. The first kappa shape index (κ1) is 16.3. The highest BCUT2D eigenvalue weighted by Crippen LogP contribution is 2.16. The van der Waals surface area contributed by atoms with E-state index in [1.165, 1.54) is 5.69 Å². The Hall–Kier alpha value is -2.54. The predicted octanol–water partition coefficient (Wildman–Crippen LogP) is 1.47. The molecule has 8 heteroatoms. The number of anilines is 3. The van der Waals surface area contributed by atoms with Crippen LogP contribution in [-0.4, -0.2) is 53.5 Å². The Morgan fingerprint density at radius 3 is 2.54 bits per heavy atom. The second kappa shape index (κ2) is 7.35. The molecule has 0 radical (unpaired) electrons. The minimum atomic E-state index is 0.0241. The second-order valence-electron chi connectivity index (χ2n) is 5.49. The van der Waals surface area contributed by atoms with E-state index >= 15 is 0 Å². The van der Waals surface area contributed by atoms with Gasteiger partial charge in [-0.05, 0) is 12.1 Å². The summed E-state index contributed by atoms with van der Waals surface area (Å²) in [5, 5.41) is 3.19. The van der Waals surface area contributed by atoms with Crippen molar-refractivity contribution in [3.8, 4) is 0 Å². The number of hydrogen-bond donors (Lipinski definition) is 2. The largest absolute Gasteiger partial charge is 0.368 e. The summed E-state index contributed by atoms with van der Waals surface area (Å²) < 4.78 is 0. The molecule has 1 fully saturated rings. The SMILES string of the molecule is Nc1nc(Cl)cc(NCC(=O)N2CCN(c3ccccc3)CC2)n1. The lowest BCUT2D eigenvalue weighted by Gasteiger charge is -2.36. The highest BCUT2D eigenvalue weighted by Gasteiger charge is 2.21. The number of carbonyl (C=O) groups excluding carboxylic acids is 1. The Bertz CT molecular complexity index is 683. The molecule has 1 aliphatic heterocycles. The van der Waals surface area contributed by atoms with E-state index in [-0.39, 0.29) is 23.6 Å². The van der Waals surface area contributed by atoms with Crippen LogP contribution in [0.25, 0.3) is 0 Å². The number of nitrogen functional groups attached to an aromatic ring is 1. The normalized spacial score (nSPS) is 14.5. The van der Waals surface area contributed by atoms with Crippen molar-refractivity contribution < 1.29 is 4.79 Å². The average molecular weight is 347 g/mol. The minimum Gasteiger partial charge on any atom is -0.368 e. The highest BCUT2D eigenvalue weighted by molar-refractivity contribution is 6.29. The zero-order chi connectivity index (χ0) is 16.9. The van der Waals surface area contributed by atoms with Gasteiger partial charge in [0.15, 0.2) is 0 Å². The maximum atomic E-state index is 12.3. The molecule has 2 aromatic rings. The number of para-hydroxylation sites is 1. The molecule has 3 N–H and O–H groups in total. The van der Waals surface area contributed by atoms with E-state index in [0.717, 1.165) is 13.1 Å². The number of aromatic nitrogens is 2. The number of nitrogens with two attached hydrogens (primary N) is 1. The average Bonchev–Trinajstić information content (AvgIpc) is 2.60. The van der Waals surface area contributed by atoms with Crippen molar-refractivity contribution in [2.45, 2.75) is 0 Å². The van der Waals surface area contributed by atoms with Crippen molar-refractivity contribution in [1.29, 1.82) is 0 Å².